The molecule has 1 amide bonds. The van der Waals surface area contributed by atoms with Crippen molar-refractivity contribution >= 4 is 22.6 Å². The van der Waals surface area contributed by atoms with Gasteiger partial charge in [-0.3, -0.25) is 14.2 Å². The Labute approximate surface area is 167 Å². The van der Waals surface area contributed by atoms with Crippen LogP contribution in [0.3, 0.4) is 0 Å². The van der Waals surface area contributed by atoms with Crippen molar-refractivity contribution in [3.8, 4) is 5.69 Å². The molecule has 7 heteroatoms. The second-order valence-corrected chi connectivity index (χ2v) is 7.23. The molecule has 0 aliphatic rings. The number of aromatic nitrogens is 4. The summed E-state index contributed by atoms with van der Waals surface area (Å²) in [4.78, 5) is 29.6. The molecule has 2 aromatic heterocycles. The van der Waals surface area contributed by atoms with E-state index in [2.05, 4.69) is 15.4 Å². The lowest BCUT2D eigenvalue weighted by Gasteiger charge is -2.09. The van der Waals surface area contributed by atoms with E-state index in [1.807, 2.05) is 63.2 Å². The van der Waals surface area contributed by atoms with Gasteiger partial charge in [0.15, 0.2) is 5.65 Å². The van der Waals surface area contributed by atoms with E-state index in [0.717, 1.165) is 22.4 Å². The van der Waals surface area contributed by atoms with Crippen molar-refractivity contribution in [2.75, 3.05) is 5.32 Å². The molecular weight excluding hydrogens is 366 g/mol. The third kappa shape index (κ3) is 3.80. The molecule has 0 saturated heterocycles. The standard InChI is InChI=1S/C22H21N5O2/c1-14-4-6-18(7-5-14)27-21-19(11-24-27)22(29)26(13-23-21)12-20(28)25-17-9-15(2)8-16(3)10-17/h4-11,13H,12H2,1-3H3,(H,25,28). The summed E-state index contributed by atoms with van der Waals surface area (Å²) in [6.07, 6.45) is 2.88. The van der Waals surface area contributed by atoms with Crippen LogP contribution < -0.4 is 10.9 Å². The molecule has 4 rings (SSSR count). The summed E-state index contributed by atoms with van der Waals surface area (Å²) in [6, 6.07) is 13.6. The van der Waals surface area contributed by atoms with Crippen LogP contribution in [-0.4, -0.2) is 25.2 Å². The summed E-state index contributed by atoms with van der Waals surface area (Å²) >= 11 is 0. The fourth-order valence-electron chi connectivity index (χ4n) is 3.34. The largest absolute Gasteiger partial charge is 0.325 e. The Bertz CT molecular complexity index is 1250. The third-order valence-corrected chi connectivity index (χ3v) is 4.65. The number of carbonyl (C=O) groups is 1. The van der Waals surface area contributed by atoms with Gasteiger partial charge >= 0.3 is 0 Å². The Hall–Kier alpha value is -3.74. The van der Waals surface area contributed by atoms with Crippen LogP contribution in [0.5, 0.6) is 0 Å². The maximum Gasteiger partial charge on any atom is 0.264 e. The smallest absolute Gasteiger partial charge is 0.264 e. The van der Waals surface area contributed by atoms with Crippen molar-refractivity contribution in [2.45, 2.75) is 27.3 Å². The minimum atomic E-state index is -0.302. The zero-order valence-electron chi connectivity index (χ0n) is 16.5. The molecule has 7 nitrogen and oxygen atoms in total. The molecule has 0 aliphatic heterocycles. The van der Waals surface area contributed by atoms with E-state index in [4.69, 9.17) is 0 Å². The molecule has 0 unspecified atom stereocenters. The van der Waals surface area contributed by atoms with Crippen molar-refractivity contribution in [1.29, 1.82) is 0 Å². The number of rotatable bonds is 4. The zero-order valence-corrected chi connectivity index (χ0v) is 16.5. The topological polar surface area (TPSA) is 81.8 Å². The van der Waals surface area contributed by atoms with Crippen molar-refractivity contribution in [3.05, 3.63) is 82.0 Å². The van der Waals surface area contributed by atoms with Gasteiger partial charge in [-0.1, -0.05) is 23.8 Å². The van der Waals surface area contributed by atoms with Crippen LogP contribution >= 0.6 is 0 Å². The molecule has 0 aliphatic carbocycles. The zero-order chi connectivity index (χ0) is 20.5. The lowest BCUT2D eigenvalue weighted by atomic mass is 10.1. The Morgan fingerprint density at radius 2 is 1.69 bits per heavy atom. The molecule has 0 atom stereocenters. The SMILES string of the molecule is Cc1ccc(-n2ncc3c(=O)n(CC(=O)Nc4cc(C)cc(C)c4)cnc32)cc1. The minimum absolute atomic E-state index is 0.121. The van der Waals surface area contributed by atoms with Crippen molar-refractivity contribution < 1.29 is 4.79 Å². The van der Waals surface area contributed by atoms with Crippen LogP contribution in [0, 0.1) is 20.8 Å². The molecule has 2 heterocycles. The molecule has 0 radical (unpaired) electrons. The quantitative estimate of drug-likeness (QED) is 0.583. The highest BCUT2D eigenvalue weighted by atomic mass is 16.2. The summed E-state index contributed by atoms with van der Waals surface area (Å²) in [5.74, 6) is -0.288. The first-order valence-electron chi connectivity index (χ1n) is 9.29. The fourth-order valence-corrected chi connectivity index (χ4v) is 3.34. The number of aryl methyl sites for hydroxylation is 3. The predicted octanol–water partition coefficient (Wildman–Crippen LogP) is 3.15. The van der Waals surface area contributed by atoms with Gasteiger partial charge in [0, 0.05) is 5.69 Å². The average molecular weight is 387 g/mol. The third-order valence-electron chi connectivity index (χ3n) is 4.65. The fraction of sp³-hybridized carbons (Fsp3) is 0.182. The maximum absolute atomic E-state index is 12.8. The first-order valence-corrected chi connectivity index (χ1v) is 9.29. The number of nitrogens with one attached hydrogen (secondary N) is 1. The van der Waals surface area contributed by atoms with Gasteiger partial charge in [0.1, 0.15) is 18.3 Å². The molecule has 1 N–H and O–H groups in total. The highest BCUT2D eigenvalue weighted by Crippen LogP contribution is 2.15. The maximum atomic E-state index is 12.8. The van der Waals surface area contributed by atoms with Crippen LogP contribution in [0.15, 0.2) is 59.8 Å². The van der Waals surface area contributed by atoms with E-state index in [9.17, 15) is 9.59 Å². The number of anilines is 1. The van der Waals surface area contributed by atoms with E-state index in [-0.39, 0.29) is 18.0 Å². The lowest BCUT2D eigenvalue weighted by Crippen LogP contribution is -2.27. The predicted molar refractivity (Wildman–Crippen MR) is 112 cm³/mol. The molecule has 0 bridgehead atoms. The summed E-state index contributed by atoms with van der Waals surface area (Å²) in [6.45, 7) is 5.82. The van der Waals surface area contributed by atoms with Crippen molar-refractivity contribution in [2.24, 2.45) is 0 Å². The summed E-state index contributed by atoms with van der Waals surface area (Å²) in [5.41, 5.74) is 4.95. The minimum Gasteiger partial charge on any atom is -0.325 e. The van der Waals surface area contributed by atoms with Gasteiger partial charge in [-0.15, -0.1) is 0 Å². The number of hydrogen-bond donors (Lipinski definition) is 1. The van der Waals surface area contributed by atoms with E-state index >= 15 is 0 Å². The summed E-state index contributed by atoms with van der Waals surface area (Å²) in [5, 5.41) is 7.51. The van der Waals surface area contributed by atoms with Gasteiger partial charge in [0.25, 0.3) is 5.56 Å². The number of fused-ring (bicyclic) bond motifs is 1. The second kappa shape index (κ2) is 7.35. The Kier molecular flexibility index (Phi) is 4.72. The first kappa shape index (κ1) is 18.6. The Morgan fingerprint density at radius 1 is 1.00 bits per heavy atom. The molecule has 29 heavy (non-hydrogen) atoms. The lowest BCUT2D eigenvalue weighted by molar-refractivity contribution is -0.116. The normalized spacial score (nSPS) is 11.0. The van der Waals surface area contributed by atoms with Crippen molar-refractivity contribution in [3.63, 3.8) is 0 Å². The van der Waals surface area contributed by atoms with E-state index < -0.39 is 0 Å². The van der Waals surface area contributed by atoms with Crippen LogP contribution in [0.4, 0.5) is 5.69 Å². The van der Waals surface area contributed by atoms with Gasteiger partial charge < -0.3 is 5.32 Å². The van der Waals surface area contributed by atoms with Crippen LogP contribution in [0.2, 0.25) is 0 Å². The molecule has 0 fully saturated rings. The first-order chi connectivity index (χ1) is 13.9. The summed E-state index contributed by atoms with van der Waals surface area (Å²) in [7, 11) is 0. The number of nitrogens with zero attached hydrogens (tertiary/aromatic N) is 4. The molecule has 4 aromatic rings. The van der Waals surface area contributed by atoms with Gasteiger partial charge in [0.05, 0.1) is 11.9 Å². The number of hydrogen-bond acceptors (Lipinski definition) is 4. The number of carbonyl (C=O) groups excluding carboxylic acids is 1. The van der Waals surface area contributed by atoms with Gasteiger partial charge in [-0.25, -0.2) is 9.67 Å². The monoisotopic (exact) mass is 387 g/mol. The Balaban J connectivity index is 1.60. The summed E-state index contributed by atoms with van der Waals surface area (Å²) < 4.78 is 2.91. The molecular formula is C22H21N5O2. The highest BCUT2D eigenvalue weighted by Gasteiger charge is 2.13. The average Bonchev–Trinajstić information content (AvgIpc) is 3.08. The van der Waals surface area contributed by atoms with Crippen molar-refractivity contribution in [1.82, 2.24) is 19.3 Å². The molecule has 146 valence electrons. The second-order valence-electron chi connectivity index (χ2n) is 7.23. The van der Waals surface area contributed by atoms with E-state index in [0.29, 0.717) is 16.7 Å². The Morgan fingerprint density at radius 3 is 2.38 bits per heavy atom. The number of amides is 1. The van der Waals surface area contributed by atoms with E-state index in [1.165, 1.54) is 17.1 Å². The van der Waals surface area contributed by atoms with Crippen LogP contribution in [0.25, 0.3) is 16.7 Å². The van der Waals surface area contributed by atoms with Gasteiger partial charge in [-0.2, -0.15) is 5.10 Å². The molecule has 0 saturated carbocycles. The van der Waals surface area contributed by atoms with Gasteiger partial charge in [0.2, 0.25) is 5.91 Å². The van der Waals surface area contributed by atoms with E-state index in [1.54, 1.807) is 4.68 Å². The number of benzene rings is 2. The van der Waals surface area contributed by atoms with Crippen LogP contribution in [0.1, 0.15) is 16.7 Å². The van der Waals surface area contributed by atoms with Crippen LogP contribution in [-0.2, 0) is 11.3 Å². The van der Waals surface area contributed by atoms with Gasteiger partial charge in [-0.05, 0) is 56.2 Å². The molecule has 2 aromatic carbocycles. The molecule has 0 spiro atoms. The highest BCUT2D eigenvalue weighted by molar-refractivity contribution is 5.91.